The number of aliphatic carboxylic acids is 1. The van der Waals surface area contributed by atoms with Gasteiger partial charge in [-0.15, -0.1) is 0 Å². The highest BCUT2D eigenvalue weighted by atomic mass is 16.5. The van der Waals surface area contributed by atoms with Gasteiger partial charge in [0.2, 0.25) is 5.91 Å². The summed E-state index contributed by atoms with van der Waals surface area (Å²) in [5, 5.41) is 12.1. The van der Waals surface area contributed by atoms with Gasteiger partial charge in [-0.05, 0) is 42.0 Å². The Morgan fingerprint density at radius 1 is 1.06 bits per heavy atom. The molecule has 2 N–H and O–H groups in total. The van der Waals surface area contributed by atoms with Crippen molar-refractivity contribution in [2.45, 2.75) is 37.8 Å². The molecule has 2 fully saturated rings. The summed E-state index contributed by atoms with van der Waals surface area (Å²) in [5.74, 6) is -1.91. The van der Waals surface area contributed by atoms with Gasteiger partial charge in [-0.25, -0.2) is 4.79 Å². The van der Waals surface area contributed by atoms with Crippen LogP contribution in [0.5, 0.6) is 0 Å². The van der Waals surface area contributed by atoms with E-state index in [-0.39, 0.29) is 37.7 Å². The van der Waals surface area contributed by atoms with Crippen LogP contribution in [-0.2, 0) is 19.1 Å². The first-order valence-electron chi connectivity index (χ1n) is 12.2. The van der Waals surface area contributed by atoms with E-state index in [1.165, 1.54) is 0 Å². The van der Waals surface area contributed by atoms with Crippen molar-refractivity contribution >= 4 is 18.0 Å². The fourth-order valence-corrected chi connectivity index (χ4v) is 5.67. The zero-order valence-electron chi connectivity index (χ0n) is 19.7. The average molecular weight is 479 g/mol. The number of amides is 2. The van der Waals surface area contributed by atoms with E-state index in [4.69, 9.17) is 9.47 Å². The second-order valence-electron chi connectivity index (χ2n) is 9.66. The minimum Gasteiger partial charge on any atom is -0.481 e. The van der Waals surface area contributed by atoms with Crippen molar-refractivity contribution in [2.75, 3.05) is 26.4 Å². The van der Waals surface area contributed by atoms with Crippen LogP contribution in [-0.4, -0.2) is 66.4 Å². The quantitative estimate of drug-likeness (QED) is 0.684. The molecule has 0 radical (unpaired) electrons. The van der Waals surface area contributed by atoms with Crippen molar-refractivity contribution in [3.63, 3.8) is 0 Å². The summed E-state index contributed by atoms with van der Waals surface area (Å²) >= 11 is 0. The molecule has 0 bridgehead atoms. The van der Waals surface area contributed by atoms with E-state index in [0.29, 0.717) is 19.4 Å². The molecular weight excluding hydrogens is 448 g/mol. The largest absolute Gasteiger partial charge is 0.481 e. The van der Waals surface area contributed by atoms with Crippen molar-refractivity contribution in [1.82, 2.24) is 10.2 Å². The molecule has 0 spiro atoms. The smallest absolute Gasteiger partial charge is 0.407 e. The van der Waals surface area contributed by atoms with E-state index in [1.54, 1.807) is 4.90 Å². The summed E-state index contributed by atoms with van der Waals surface area (Å²) in [4.78, 5) is 39.0. The Labute approximate surface area is 204 Å². The van der Waals surface area contributed by atoms with E-state index in [1.807, 2.05) is 31.2 Å². The minimum absolute atomic E-state index is 0.0400. The topological polar surface area (TPSA) is 105 Å². The molecule has 2 aromatic rings. The summed E-state index contributed by atoms with van der Waals surface area (Å²) in [6.45, 7) is 2.92. The molecule has 2 aromatic carbocycles. The number of carboxylic acids is 1. The molecule has 8 nitrogen and oxygen atoms in total. The van der Waals surface area contributed by atoms with Gasteiger partial charge >= 0.3 is 12.1 Å². The third-order valence-electron chi connectivity index (χ3n) is 7.55. The van der Waals surface area contributed by atoms with Crippen LogP contribution in [0.1, 0.15) is 36.8 Å². The Balaban J connectivity index is 1.20. The van der Waals surface area contributed by atoms with Crippen LogP contribution >= 0.6 is 0 Å². The summed E-state index contributed by atoms with van der Waals surface area (Å²) in [6, 6.07) is 15.6. The Bertz CT molecular complexity index is 1090. The summed E-state index contributed by atoms with van der Waals surface area (Å²) in [6.07, 6.45) is 0.292. The number of nitrogens with zero attached hydrogens (tertiary/aromatic N) is 1. The summed E-state index contributed by atoms with van der Waals surface area (Å²) in [7, 11) is 0. The van der Waals surface area contributed by atoms with Crippen molar-refractivity contribution in [2.24, 2.45) is 11.8 Å². The molecule has 3 aliphatic rings. The van der Waals surface area contributed by atoms with Gasteiger partial charge in [0.15, 0.2) is 0 Å². The first-order chi connectivity index (χ1) is 16.9. The number of carbonyl (C=O) groups is 3. The number of rotatable bonds is 5. The molecule has 2 saturated heterocycles. The SMILES string of the molecule is C[C@H]1C[C@@H](C(=O)O)CCN1C(=O)C1COCC1NC(=O)OCC1c2ccccc2-c2ccccc21. The second-order valence-corrected chi connectivity index (χ2v) is 9.66. The molecular formula is C27H30N2O6. The van der Waals surface area contributed by atoms with Gasteiger partial charge in [-0.2, -0.15) is 0 Å². The van der Waals surface area contributed by atoms with Crippen LogP contribution < -0.4 is 5.32 Å². The van der Waals surface area contributed by atoms with Gasteiger partial charge < -0.3 is 24.8 Å². The van der Waals surface area contributed by atoms with E-state index in [0.717, 1.165) is 22.3 Å². The highest BCUT2D eigenvalue weighted by Gasteiger charge is 2.41. The maximum Gasteiger partial charge on any atom is 0.407 e. The minimum atomic E-state index is -0.817. The van der Waals surface area contributed by atoms with Gasteiger partial charge in [0.1, 0.15) is 6.61 Å². The lowest BCUT2D eigenvalue weighted by atomic mass is 9.90. The van der Waals surface area contributed by atoms with Gasteiger partial charge in [-0.1, -0.05) is 48.5 Å². The predicted octanol–water partition coefficient (Wildman–Crippen LogP) is 3.25. The zero-order chi connectivity index (χ0) is 24.5. The van der Waals surface area contributed by atoms with Gasteiger partial charge in [-0.3, -0.25) is 9.59 Å². The lowest BCUT2D eigenvalue weighted by Crippen LogP contribution is -2.52. The van der Waals surface area contributed by atoms with Crippen LogP contribution in [0.3, 0.4) is 0 Å². The first-order valence-corrected chi connectivity index (χ1v) is 12.2. The first kappa shape index (κ1) is 23.4. The molecule has 1 aliphatic carbocycles. The summed E-state index contributed by atoms with van der Waals surface area (Å²) < 4.78 is 11.2. The van der Waals surface area contributed by atoms with Crippen LogP contribution in [0.15, 0.2) is 48.5 Å². The van der Waals surface area contributed by atoms with Gasteiger partial charge in [0, 0.05) is 18.5 Å². The van der Waals surface area contributed by atoms with E-state index in [2.05, 4.69) is 29.6 Å². The fraction of sp³-hybridized carbons (Fsp3) is 0.444. The zero-order valence-corrected chi connectivity index (χ0v) is 19.7. The number of carbonyl (C=O) groups excluding carboxylic acids is 2. The van der Waals surface area contributed by atoms with Gasteiger partial charge in [0.25, 0.3) is 0 Å². The van der Waals surface area contributed by atoms with Crippen molar-refractivity contribution in [3.8, 4) is 11.1 Å². The molecule has 0 saturated carbocycles. The lowest BCUT2D eigenvalue weighted by molar-refractivity contribution is -0.149. The number of ether oxygens (including phenoxy) is 2. The number of likely N-dealkylation sites (tertiary alicyclic amines) is 1. The highest BCUT2D eigenvalue weighted by Crippen LogP contribution is 2.44. The normalized spacial score (nSPS) is 25.6. The fourth-order valence-electron chi connectivity index (χ4n) is 5.67. The molecule has 2 amide bonds. The number of fused-ring (bicyclic) bond motifs is 3. The molecule has 2 unspecified atom stereocenters. The lowest BCUT2D eigenvalue weighted by Gasteiger charge is -2.38. The maximum absolute atomic E-state index is 13.2. The van der Waals surface area contributed by atoms with E-state index >= 15 is 0 Å². The molecule has 35 heavy (non-hydrogen) atoms. The average Bonchev–Trinajstić information content (AvgIpc) is 3.44. The Hall–Kier alpha value is -3.39. The second kappa shape index (κ2) is 9.70. The number of nitrogens with one attached hydrogen (secondary N) is 1. The van der Waals surface area contributed by atoms with Crippen LogP contribution in [0, 0.1) is 11.8 Å². The van der Waals surface area contributed by atoms with Crippen LogP contribution in [0.4, 0.5) is 4.79 Å². The van der Waals surface area contributed by atoms with E-state index < -0.39 is 29.9 Å². The van der Waals surface area contributed by atoms with Crippen LogP contribution in [0.2, 0.25) is 0 Å². The standard InChI is InChI=1S/C27H30N2O6/c1-16-12-17(26(31)32)10-11-29(16)25(30)23-13-34-15-24(23)28-27(33)35-14-22-20-8-4-2-6-18(20)19-7-3-5-9-21(19)22/h2-9,16-17,22-24H,10-15H2,1H3,(H,28,33)(H,31,32)/t16-,17-,23?,24?/m0/s1. The van der Waals surface area contributed by atoms with Crippen molar-refractivity contribution in [1.29, 1.82) is 0 Å². The van der Waals surface area contributed by atoms with E-state index in [9.17, 15) is 19.5 Å². The van der Waals surface area contributed by atoms with Crippen LogP contribution in [0.25, 0.3) is 11.1 Å². The number of hydrogen-bond acceptors (Lipinski definition) is 5. The number of benzene rings is 2. The monoisotopic (exact) mass is 478 g/mol. The number of piperidine rings is 1. The maximum atomic E-state index is 13.2. The van der Waals surface area contributed by atoms with Crippen molar-refractivity contribution in [3.05, 3.63) is 59.7 Å². The molecule has 2 aliphatic heterocycles. The summed E-state index contributed by atoms with van der Waals surface area (Å²) in [5.41, 5.74) is 4.59. The predicted molar refractivity (Wildman–Crippen MR) is 128 cm³/mol. The molecule has 4 atom stereocenters. The van der Waals surface area contributed by atoms with Crippen molar-refractivity contribution < 1.29 is 29.0 Å². The number of hydrogen-bond donors (Lipinski definition) is 2. The third kappa shape index (κ3) is 4.50. The Kier molecular flexibility index (Phi) is 6.47. The molecule has 2 heterocycles. The molecule has 5 rings (SSSR count). The highest BCUT2D eigenvalue weighted by molar-refractivity contribution is 5.82. The third-order valence-corrected chi connectivity index (χ3v) is 7.55. The molecule has 184 valence electrons. The Morgan fingerprint density at radius 2 is 1.71 bits per heavy atom. The number of carboxylic acid groups (broad SMARTS) is 1. The Morgan fingerprint density at radius 3 is 2.34 bits per heavy atom. The molecule has 0 aromatic heterocycles. The van der Waals surface area contributed by atoms with Gasteiger partial charge in [0.05, 0.1) is 31.1 Å². The number of alkyl carbamates (subject to hydrolysis) is 1. The molecule has 8 heteroatoms.